The summed E-state index contributed by atoms with van der Waals surface area (Å²) in [6.07, 6.45) is 4.16. The second kappa shape index (κ2) is 3.37. The number of primary amides is 1. The van der Waals surface area contributed by atoms with Gasteiger partial charge in [0.05, 0.1) is 11.1 Å². The number of carbonyl (C=O) groups excluding carboxylic acids is 1. The molecule has 2 aliphatic rings. The van der Waals surface area contributed by atoms with Crippen molar-refractivity contribution in [2.24, 2.45) is 5.73 Å². The van der Waals surface area contributed by atoms with E-state index in [1.54, 1.807) is 0 Å². The summed E-state index contributed by atoms with van der Waals surface area (Å²) < 4.78 is 0. The smallest absolute Gasteiger partial charge is 0.315 e. The number of nitrogens with zero attached hydrogens (tertiary/aromatic N) is 1. The quantitative estimate of drug-likeness (QED) is 0.717. The first-order valence-electron chi connectivity index (χ1n) is 5.91. The van der Waals surface area contributed by atoms with Crippen molar-refractivity contribution in [3.63, 3.8) is 0 Å². The maximum atomic E-state index is 11.7. The molecular weight excluding hydrogens is 190 g/mol. The van der Waals surface area contributed by atoms with Crippen LogP contribution >= 0.6 is 0 Å². The van der Waals surface area contributed by atoms with Gasteiger partial charge >= 0.3 is 6.03 Å². The van der Waals surface area contributed by atoms with Crippen LogP contribution in [0.2, 0.25) is 0 Å². The molecule has 0 spiro atoms. The minimum Gasteiger partial charge on any atom is -0.351 e. The number of piperazine rings is 1. The van der Waals surface area contributed by atoms with Crippen molar-refractivity contribution < 1.29 is 4.79 Å². The Balaban J connectivity index is 2.39. The van der Waals surface area contributed by atoms with Gasteiger partial charge in [0.1, 0.15) is 0 Å². The molecule has 86 valence electrons. The summed E-state index contributed by atoms with van der Waals surface area (Å²) in [5.41, 5.74) is 5.54. The Labute approximate surface area is 91.2 Å². The highest BCUT2D eigenvalue weighted by Crippen LogP contribution is 2.46. The van der Waals surface area contributed by atoms with Gasteiger partial charge in [-0.1, -0.05) is 13.8 Å². The molecule has 2 rings (SSSR count). The van der Waals surface area contributed by atoms with E-state index in [1.807, 2.05) is 4.90 Å². The number of nitrogens with two attached hydrogens (primary N) is 1. The largest absolute Gasteiger partial charge is 0.351 e. The fraction of sp³-hybridized carbons (Fsp3) is 0.909. The topological polar surface area (TPSA) is 58.4 Å². The minimum absolute atomic E-state index is 0.0138. The van der Waals surface area contributed by atoms with Gasteiger partial charge in [-0.15, -0.1) is 0 Å². The Morgan fingerprint density at radius 1 is 1.27 bits per heavy atom. The standard InChI is InChI=1S/C11H21N3O/c1-3-10-5-6-11(4-2,8-13-7-10)14(10)9(12)15/h13H,3-8H2,1-2H3,(H2,12,15). The normalized spacial score (nSPS) is 39.5. The molecule has 0 radical (unpaired) electrons. The molecule has 15 heavy (non-hydrogen) atoms. The molecule has 2 heterocycles. The number of urea groups is 1. The SMILES string of the molecule is CCC12CCC(CC)(CNC1)N2C(N)=O. The number of hydrogen-bond acceptors (Lipinski definition) is 2. The summed E-state index contributed by atoms with van der Waals surface area (Å²) in [7, 11) is 0. The van der Waals surface area contributed by atoms with E-state index in [0.717, 1.165) is 38.8 Å². The van der Waals surface area contributed by atoms with E-state index in [0.29, 0.717) is 0 Å². The molecule has 2 unspecified atom stereocenters. The summed E-state index contributed by atoms with van der Waals surface area (Å²) in [4.78, 5) is 13.6. The molecule has 0 aromatic heterocycles. The zero-order valence-corrected chi connectivity index (χ0v) is 9.68. The molecule has 2 fully saturated rings. The van der Waals surface area contributed by atoms with Crippen LogP contribution in [-0.2, 0) is 0 Å². The highest BCUT2D eigenvalue weighted by Gasteiger charge is 2.57. The fourth-order valence-corrected chi connectivity index (χ4v) is 3.44. The minimum atomic E-state index is -0.238. The Morgan fingerprint density at radius 3 is 2.07 bits per heavy atom. The first kappa shape index (κ1) is 10.7. The predicted octanol–water partition coefficient (Wildman–Crippen LogP) is 1.06. The predicted molar refractivity (Wildman–Crippen MR) is 59.6 cm³/mol. The van der Waals surface area contributed by atoms with Gasteiger partial charge in [-0.25, -0.2) is 4.79 Å². The Hall–Kier alpha value is -0.770. The summed E-state index contributed by atoms with van der Waals surface area (Å²) in [5, 5.41) is 3.47. The van der Waals surface area contributed by atoms with Crippen LogP contribution in [-0.4, -0.2) is 35.1 Å². The molecule has 0 saturated carbocycles. The van der Waals surface area contributed by atoms with Crippen molar-refractivity contribution in [1.29, 1.82) is 0 Å². The van der Waals surface area contributed by atoms with Crippen LogP contribution in [0.15, 0.2) is 0 Å². The third kappa shape index (κ3) is 1.27. The van der Waals surface area contributed by atoms with E-state index >= 15 is 0 Å². The molecule has 0 aromatic rings. The number of nitrogens with one attached hydrogen (secondary N) is 1. The van der Waals surface area contributed by atoms with E-state index in [-0.39, 0.29) is 17.1 Å². The fourth-order valence-electron chi connectivity index (χ4n) is 3.44. The molecule has 2 bridgehead atoms. The van der Waals surface area contributed by atoms with Crippen molar-refractivity contribution in [2.75, 3.05) is 13.1 Å². The lowest BCUT2D eigenvalue weighted by atomic mass is 9.90. The lowest BCUT2D eigenvalue weighted by Gasteiger charge is -2.50. The lowest BCUT2D eigenvalue weighted by Crippen LogP contribution is -2.68. The molecule has 4 heteroatoms. The Bertz CT molecular complexity index is 261. The van der Waals surface area contributed by atoms with Crippen LogP contribution in [0.5, 0.6) is 0 Å². The van der Waals surface area contributed by atoms with Gasteiger partial charge in [0.25, 0.3) is 0 Å². The van der Waals surface area contributed by atoms with Crippen molar-refractivity contribution >= 4 is 6.03 Å². The second-order valence-corrected chi connectivity index (χ2v) is 4.93. The Kier molecular flexibility index (Phi) is 2.41. The molecular formula is C11H21N3O. The Morgan fingerprint density at radius 2 is 1.73 bits per heavy atom. The number of fused-ring (bicyclic) bond motifs is 2. The molecule has 2 amide bonds. The number of amides is 2. The molecule has 4 nitrogen and oxygen atoms in total. The van der Waals surface area contributed by atoms with Crippen LogP contribution in [0.1, 0.15) is 39.5 Å². The number of hydrogen-bond donors (Lipinski definition) is 2. The second-order valence-electron chi connectivity index (χ2n) is 4.93. The monoisotopic (exact) mass is 211 g/mol. The lowest BCUT2D eigenvalue weighted by molar-refractivity contribution is 0.0407. The summed E-state index contributed by atoms with van der Waals surface area (Å²) in [6.45, 7) is 6.09. The maximum absolute atomic E-state index is 11.7. The van der Waals surface area contributed by atoms with Gasteiger partial charge in [0.15, 0.2) is 0 Å². The third-order valence-corrected chi connectivity index (χ3v) is 4.45. The van der Waals surface area contributed by atoms with Crippen LogP contribution < -0.4 is 11.1 Å². The number of carbonyl (C=O) groups is 1. The van der Waals surface area contributed by atoms with Gasteiger partial charge in [0, 0.05) is 13.1 Å². The molecule has 0 aliphatic carbocycles. The van der Waals surface area contributed by atoms with E-state index in [9.17, 15) is 4.79 Å². The average molecular weight is 211 g/mol. The van der Waals surface area contributed by atoms with Crippen LogP contribution in [0.3, 0.4) is 0 Å². The molecule has 2 aliphatic heterocycles. The molecule has 3 N–H and O–H groups in total. The van der Waals surface area contributed by atoms with Gasteiger partial charge < -0.3 is 16.0 Å². The van der Waals surface area contributed by atoms with Crippen LogP contribution in [0.4, 0.5) is 4.79 Å². The highest BCUT2D eigenvalue weighted by molar-refractivity contribution is 5.75. The summed E-state index contributed by atoms with van der Waals surface area (Å²) in [6, 6.07) is -0.238. The van der Waals surface area contributed by atoms with Gasteiger partial charge in [0.2, 0.25) is 0 Å². The maximum Gasteiger partial charge on any atom is 0.315 e. The zero-order chi connectivity index (χ0) is 11.1. The van der Waals surface area contributed by atoms with Gasteiger partial charge in [-0.3, -0.25) is 0 Å². The average Bonchev–Trinajstić information content (AvgIpc) is 2.45. The van der Waals surface area contributed by atoms with E-state index in [1.165, 1.54) is 0 Å². The van der Waals surface area contributed by atoms with E-state index in [2.05, 4.69) is 19.2 Å². The summed E-state index contributed by atoms with van der Waals surface area (Å²) >= 11 is 0. The van der Waals surface area contributed by atoms with Crippen molar-refractivity contribution in [2.45, 2.75) is 50.6 Å². The third-order valence-electron chi connectivity index (χ3n) is 4.45. The molecule has 2 saturated heterocycles. The molecule has 0 aromatic carbocycles. The van der Waals surface area contributed by atoms with E-state index in [4.69, 9.17) is 5.73 Å². The zero-order valence-electron chi connectivity index (χ0n) is 9.68. The highest BCUT2D eigenvalue weighted by atomic mass is 16.2. The van der Waals surface area contributed by atoms with Gasteiger partial charge in [-0.2, -0.15) is 0 Å². The van der Waals surface area contributed by atoms with Gasteiger partial charge in [-0.05, 0) is 25.7 Å². The van der Waals surface area contributed by atoms with Crippen molar-refractivity contribution in [3.8, 4) is 0 Å². The van der Waals surface area contributed by atoms with Crippen LogP contribution in [0, 0.1) is 0 Å². The van der Waals surface area contributed by atoms with Crippen LogP contribution in [0.25, 0.3) is 0 Å². The molecule has 2 atom stereocenters. The summed E-state index contributed by atoms with van der Waals surface area (Å²) in [5.74, 6) is 0. The first-order chi connectivity index (χ1) is 7.10. The van der Waals surface area contributed by atoms with Crippen molar-refractivity contribution in [3.05, 3.63) is 0 Å². The van der Waals surface area contributed by atoms with E-state index < -0.39 is 0 Å². The van der Waals surface area contributed by atoms with Crippen molar-refractivity contribution in [1.82, 2.24) is 10.2 Å². The number of rotatable bonds is 2. The first-order valence-corrected chi connectivity index (χ1v) is 5.91.